The minimum Gasteiger partial charge on any atom is -0.481 e. The molecule has 26 heavy (non-hydrogen) atoms. The standard InChI is InChI=1S/C21H22N2O3/c22-20(24)12-17-14-23(13-16-5-2-1-3-6-16)19-10-9-15(11-18(17)19)7-4-8-21(25)26/h1-3,5-6,9-11,14H,4,7-8,12-13H2,(H2,22,24)(H,25,26). The Morgan fingerprint density at radius 1 is 1.04 bits per heavy atom. The minimum absolute atomic E-state index is 0.154. The third-order valence-corrected chi connectivity index (χ3v) is 4.44. The van der Waals surface area contributed by atoms with E-state index < -0.39 is 5.97 Å². The number of rotatable bonds is 8. The number of amides is 1. The van der Waals surface area contributed by atoms with Gasteiger partial charge in [0.2, 0.25) is 5.91 Å². The third-order valence-electron chi connectivity index (χ3n) is 4.44. The molecule has 3 rings (SSSR count). The first-order valence-electron chi connectivity index (χ1n) is 8.67. The number of hydrogen-bond donors (Lipinski definition) is 2. The van der Waals surface area contributed by atoms with Gasteiger partial charge in [-0.3, -0.25) is 9.59 Å². The molecule has 5 nitrogen and oxygen atoms in total. The van der Waals surface area contributed by atoms with Crippen molar-refractivity contribution in [2.45, 2.75) is 32.2 Å². The minimum atomic E-state index is -0.783. The Kier molecular flexibility index (Phi) is 5.37. The zero-order chi connectivity index (χ0) is 18.5. The number of carboxylic acid groups (broad SMARTS) is 1. The van der Waals surface area contributed by atoms with E-state index in [1.807, 2.05) is 36.5 Å². The normalized spacial score (nSPS) is 10.9. The molecule has 0 saturated carbocycles. The number of benzene rings is 2. The number of hydrogen-bond acceptors (Lipinski definition) is 2. The molecular weight excluding hydrogens is 328 g/mol. The molecule has 0 aliphatic carbocycles. The van der Waals surface area contributed by atoms with Crippen molar-refractivity contribution in [1.29, 1.82) is 0 Å². The van der Waals surface area contributed by atoms with E-state index in [4.69, 9.17) is 10.8 Å². The van der Waals surface area contributed by atoms with Gasteiger partial charge in [0.1, 0.15) is 0 Å². The third kappa shape index (κ3) is 4.30. The van der Waals surface area contributed by atoms with Crippen molar-refractivity contribution in [2.24, 2.45) is 5.73 Å². The molecule has 1 heterocycles. The fourth-order valence-corrected chi connectivity index (χ4v) is 3.26. The van der Waals surface area contributed by atoms with E-state index in [0.29, 0.717) is 19.4 Å². The molecule has 0 spiro atoms. The molecule has 3 N–H and O–H groups in total. The van der Waals surface area contributed by atoms with Gasteiger partial charge >= 0.3 is 5.97 Å². The molecule has 0 radical (unpaired) electrons. The average Bonchev–Trinajstić information content (AvgIpc) is 2.92. The van der Waals surface area contributed by atoms with Crippen molar-refractivity contribution in [3.63, 3.8) is 0 Å². The van der Waals surface area contributed by atoms with Crippen LogP contribution in [0.2, 0.25) is 0 Å². The van der Waals surface area contributed by atoms with Gasteiger partial charge in [0.15, 0.2) is 0 Å². The quantitative estimate of drug-likeness (QED) is 0.654. The van der Waals surface area contributed by atoms with Crippen LogP contribution in [-0.2, 0) is 29.0 Å². The first kappa shape index (κ1) is 17.7. The summed E-state index contributed by atoms with van der Waals surface area (Å²) in [4.78, 5) is 22.2. The molecular formula is C21H22N2O3. The fourth-order valence-electron chi connectivity index (χ4n) is 3.26. The summed E-state index contributed by atoms with van der Waals surface area (Å²) in [5, 5.41) is 9.80. The molecule has 3 aromatic rings. The number of carbonyl (C=O) groups is 2. The Hall–Kier alpha value is -3.08. The van der Waals surface area contributed by atoms with Crippen LogP contribution < -0.4 is 5.73 Å². The average molecular weight is 350 g/mol. The Bertz CT molecular complexity index is 929. The van der Waals surface area contributed by atoms with Gasteiger partial charge in [-0.1, -0.05) is 36.4 Å². The van der Waals surface area contributed by atoms with Gasteiger partial charge in [-0.2, -0.15) is 0 Å². The molecule has 2 aromatic carbocycles. The van der Waals surface area contributed by atoms with Crippen molar-refractivity contribution in [2.75, 3.05) is 0 Å². The van der Waals surface area contributed by atoms with Crippen LogP contribution in [0.25, 0.3) is 10.9 Å². The van der Waals surface area contributed by atoms with E-state index in [9.17, 15) is 9.59 Å². The van der Waals surface area contributed by atoms with Gasteiger partial charge in [-0.15, -0.1) is 0 Å². The summed E-state index contributed by atoms with van der Waals surface area (Å²) >= 11 is 0. The summed E-state index contributed by atoms with van der Waals surface area (Å²) in [5.41, 5.74) is 9.62. The smallest absolute Gasteiger partial charge is 0.303 e. The molecule has 1 amide bonds. The van der Waals surface area contributed by atoms with Crippen LogP contribution in [0, 0.1) is 0 Å². The van der Waals surface area contributed by atoms with Crippen LogP contribution in [-0.4, -0.2) is 21.6 Å². The number of aryl methyl sites for hydroxylation is 1. The number of nitrogens with two attached hydrogens (primary N) is 1. The molecule has 0 saturated heterocycles. The van der Waals surface area contributed by atoms with Crippen molar-refractivity contribution >= 4 is 22.8 Å². The molecule has 0 bridgehead atoms. The second kappa shape index (κ2) is 7.87. The Labute approximate surface area is 152 Å². The monoisotopic (exact) mass is 350 g/mol. The lowest BCUT2D eigenvalue weighted by molar-refractivity contribution is -0.137. The lowest BCUT2D eigenvalue weighted by atomic mass is 10.0. The van der Waals surface area contributed by atoms with Crippen LogP contribution in [0.4, 0.5) is 0 Å². The summed E-state index contributed by atoms with van der Waals surface area (Å²) in [5.74, 6) is -1.14. The zero-order valence-electron chi connectivity index (χ0n) is 14.5. The molecule has 0 aliphatic rings. The molecule has 5 heteroatoms. The lowest BCUT2D eigenvalue weighted by Gasteiger charge is -2.06. The van der Waals surface area contributed by atoms with Gasteiger partial charge in [0, 0.05) is 30.1 Å². The van der Waals surface area contributed by atoms with E-state index in [0.717, 1.165) is 22.0 Å². The van der Waals surface area contributed by atoms with Gasteiger partial charge < -0.3 is 15.4 Å². The van der Waals surface area contributed by atoms with Crippen LogP contribution in [0.15, 0.2) is 54.7 Å². The predicted octanol–water partition coefficient (Wildman–Crippen LogP) is 3.12. The zero-order valence-corrected chi connectivity index (χ0v) is 14.5. The van der Waals surface area contributed by atoms with E-state index in [1.54, 1.807) is 0 Å². The highest BCUT2D eigenvalue weighted by Gasteiger charge is 2.12. The maximum Gasteiger partial charge on any atom is 0.303 e. The Balaban J connectivity index is 1.93. The molecule has 0 fully saturated rings. The molecule has 0 unspecified atom stereocenters. The maximum absolute atomic E-state index is 11.5. The fraction of sp³-hybridized carbons (Fsp3) is 0.238. The first-order valence-corrected chi connectivity index (χ1v) is 8.67. The van der Waals surface area contributed by atoms with E-state index in [2.05, 4.69) is 22.8 Å². The van der Waals surface area contributed by atoms with Crippen LogP contribution in [0.3, 0.4) is 0 Å². The van der Waals surface area contributed by atoms with Gasteiger partial charge in [0.05, 0.1) is 6.42 Å². The highest BCUT2D eigenvalue weighted by molar-refractivity contribution is 5.89. The predicted molar refractivity (Wildman–Crippen MR) is 101 cm³/mol. The number of aliphatic carboxylic acids is 1. The lowest BCUT2D eigenvalue weighted by Crippen LogP contribution is -2.13. The van der Waals surface area contributed by atoms with Crippen molar-refractivity contribution in [3.8, 4) is 0 Å². The largest absolute Gasteiger partial charge is 0.481 e. The molecule has 134 valence electrons. The Morgan fingerprint density at radius 2 is 1.81 bits per heavy atom. The first-order chi connectivity index (χ1) is 12.5. The number of primary amides is 1. The summed E-state index contributed by atoms with van der Waals surface area (Å²) in [6, 6.07) is 16.3. The number of nitrogens with zero attached hydrogens (tertiary/aromatic N) is 1. The topological polar surface area (TPSA) is 85.3 Å². The highest BCUT2D eigenvalue weighted by Crippen LogP contribution is 2.25. The van der Waals surface area contributed by atoms with Crippen LogP contribution >= 0.6 is 0 Å². The number of fused-ring (bicyclic) bond motifs is 1. The van der Waals surface area contributed by atoms with Crippen LogP contribution in [0.5, 0.6) is 0 Å². The summed E-state index contributed by atoms with van der Waals surface area (Å²) in [7, 11) is 0. The number of carboxylic acids is 1. The Morgan fingerprint density at radius 3 is 2.50 bits per heavy atom. The maximum atomic E-state index is 11.5. The van der Waals surface area contributed by atoms with Gasteiger partial charge in [-0.25, -0.2) is 0 Å². The van der Waals surface area contributed by atoms with Crippen molar-refractivity contribution < 1.29 is 14.7 Å². The van der Waals surface area contributed by atoms with E-state index in [-0.39, 0.29) is 18.7 Å². The summed E-state index contributed by atoms with van der Waals surface area (Å²) in [6.07, 6.45) is 3.63. The van der Waals surface area contributed by atoms with E-state index >= 15 is 0 Å². The van der Waals surface area contributed by atoms with Crippen molar-refractivity contribution in [3.05, 3.63) is 71.4 Å². The SMILES string of the molecule is NC(=O)Cc1cn(Cc2ccccc2)c2ccc(CCCC(=O)O)cc12. The number of aromatic nitrogens is 1. The molecule has 0 aliphatic heterocycles. The highest BCUT2D eigenvalue weighted by atomic mass is 16.4. The second-order valence-corrected chi connectivity index (χ2v) is 6.51. The van der Waals surface area contributed by atoms with Crippen LogP contribution in [0.1, 0.15) is 29.5 Å². The van der Waals surface area contributed by atoms with Gasteiger partial charge in [-0.05, 0) is 41.7 Å². The van der Waals surface area contributed by atoms with Gasteiger partial charge in [0.25, 0.3) is 0 Å². The molecule has 0 atom stereocenters. The number of carbonyl (C=O) groups excluding carboxylic acids is 1. The summed E-state index contributed by atoms with van der Waals surface area (Å²) < 4.78 is 2.13. The second-order valence-electron chi connectivity index (χ2n) is 6.51. The van der Waals surface area contributed by atoms with E-state index in [1.165, 1.54) is 5.56 Å². The molecule has 1 aromatic heterocycles. The summed E-state index contributed by atoms with van der Waals surface area (Å²) in [6.45, 7) is 0.717. The van der Waals surface area contributed by atoms with Crippen molar-refractivity contribution in [1.82, 2.24) is 4.57 Å².